The van der Waals surface area contributed by atoms with Crippen molar-refractivity contribution in [1.82, 2.24) is 10.2 Å². The van der Waals surface area contributed by atoms with Crippen LogP contribution in [-0.2, 0) is 0 Å². The highest BCUT2D eigenvalue weighted by Gasteiger charge is 2.31. The molecular formula is C16H34N2. The van der Waals surface area contributed by atoms with E-state index in [9.17, 15) is 0 Å². The van der Waals surface area contributed by atoms with Crippen molar-refractivity contribution >= 4 is 0 Å². The van der Waals surface area contributed by atoms with E-state index in [0.717, 1.165) is 18.0 Å². The molecule has 0 bridgehead atoms. The Balaban J connectivity index is 2.65. The van der Waals surface area contributed by atoms with Crippen LogP contribution in [-0.4, -0.2) is 36.1 Å². The van der Waals surface area contributed by atoms with Crippen LogP contribution in [0, 0.1) is 5.92 Å². The fourth-order valence-electron chi connectivity index (χ4n) is 3.23. The Hall–Kier alpha value is -0.0800. The van der Waals surface area contributed by atoms with Crippen LogP contribution in [0.5, 0.6) is 0 Å². The summed E-state index contributed by atoms with van der Waals surface area (Å²) in [6, 6.07) is 2.15. The second kappa shape index (κ2) is 8.16. The van der Waals surface area contributed by atoms with Crippen molar-refractivity contribution in [2.75, 3.05) is 13.1 Å². The van der Waals surface area contributed by atoms with E-state index in [4.69, 9.17) is 0 Å². The minimum Gasteiger partial charge on any atom is -0.312 e. The maximum Gasteiger partial charge on any atom is 0.0252 e. The summed E-state index contributed by atoms with van der Waals surface area (Å²) in [5.41, 5.74) is 0. The first-order chi connectivity index (χ1) is 8.56. The molecule has 2 atom stereocenters. The zero-order valence-corrected chi connectivity index (χ0v) is 13.2. The third-order valence-corrected chi connectivity index (χ3v) is 4.05. The lowest BCUT2D eigenvalue weighted by atomic mass is 9.88. The van der Waals surface area contributed by atoms with Crippen molar-refractivity contribution in [3.05, 3.63) is 0 Å². The van der Waals surface area contributed by atoms with Gasteiger partial charge in [0.05, 0.1) is 0 Å². The first-order valence-corrected chi connectivity index (χ1v) is 8.05. The van der Waals surface area contributed by atoms with Crippen molar-refractivity contribution in [3.63, 3.8) is 0 Å². The molecule has 2 nitrogen and oxygen atoms in total. The fourth-order valence-corrected chi connectivity index (χ4v) is 3.23. The van der Waals surface area contributed by atoms with E-state index in [1.807, 2.05) is 0 Å². The van der Waals surface area contributed by atoms with Crippen molar-refractivity contribution in [2.45, 2.75) is 84.8 Å². The Kier molecular flexibility index (Phi) is 7.25. The number of nitrogens with zero attached hydrogens (tertiary/aromatic N) is 1. The van der Waals surface area contributed by atoms with Gasteiger partial charge in [-0.25, -0.2) is 0 Å². The second-order valence-corrected chi connectivity index (χ2v) is 6.60. The number of hydrogen-bond acceptors (Lipinski definition) is 2. The Bertz CT molecular complexity index is 213. The van der Waals surface area contributed by atoms with Crippen molar-refractivity contribution < 1.29 is 0 Å². The number of nitrogens with one attached hydrogen (secondary N) is 1. The monoisotopic (exact) mass is 254 g/mol. The lowest BCUT2D eigenvalue weighted by Gasteiger charge is -2.43. The topological polar surface area (TPSA) is 15.3 Å². The second-order valence-electron chi connectivity index (χ2n) is 6.60. The molecule has 1 aliphatic rings. The molecule has 0 heterocycles. The molecule has 0 aromatic heterocycles. The van der Waals surface area contributed by atoms with Gasteiger partial charge >= 0.3 is 0 Å². The highest BCUT2D eigenvalue weighted by molar-refractivity contribution is 4.89. The van der Waals surface area contributed by atoms with Crippen molar-refractivity contribution in [1.29, 1.82) is 0 Å². The molecule has 0 saturated heterocycles. The summed E-state index contributed by atoms with van der Waals surface area (Å²) in [4.78, 5) is 2.75. The van der Waals surface area contributed by atoms with Crippen molar-refractivity contribution in [2.24, 2.45) is 5.92 Å². The van der Waals surface area contributed by atoms with Crippen LogP contribution in [0.15, 0.2) is 0 Å². The van der Waals surface area contributed by atoms with Gasteiger partial charge in [-0.1, -0.05) is 33.6 Å². The molecule has 1 rings (SSSR count). The summed E-state index contributed by atoms with van der Waals surface area (Å²) in [6.07, 6.45) is 6.81. The van der Waals surface area contributed by atoms with Gasteiger partial charge in [0.1, 0.15) is 0 Å². The summed E-state index contributed by atoms with van der Waals surface area (Å²) in [7, 11) is 0. The van der Waals surface area contributed by atoms with Crippen LogP contribution in [0.4, 0.5) is 0 Å². The molecule has 2 unspecified atom stereocenters. The van der Waals surface area contributed by atoms with Crippen LogP contribution < -0.4 is 5.32 Å². The predicted molar refractivity (Wildman–Crippen MR) is 81.0 cm³/mol. The highest BCUT2D eigenvalue weighted by atomic mass is 15.2. The standard InChI is InChI=1S/C16H34N2/c1-6-11-17-15-9-7-8-10-16(15)18(14(4)5)12-13(2)3/h13-17H,6-12H2,1-5H3. The summed E-state index contributed by atoms with van der Waals surface area (Å²) >= 11 is 0. The quantitative estimate of drug-likeness (QED) is 0.746. The van der Waals surface area contributed by atoms with Crippen LogP contribution >= 0.6 is 0 Å². The molecule has 1 saturated carbocycles. The lowest BCUT2D eigenvalue weighted by Crippen LogP contribution is -2.55. The molecule has 1 aliphatic carbocycles. The van der Waals surface area contributed by atoms with Gasteiger partial charge in [0, 0.05) is 24.7 Å². The van der Waals surface area contributed by atoms with Crippen LogP contribution in [0.3, 0.4) is 0 Å². The Labute approximate surface area is 115 Å². The number of hydrogen-bond donors (Lipinski definition) is 1. The first-order valence-electron chi connectivity index (χ1n) is 8.05. The molecule has 2 heteroatoms. The Morgan fingerprint density at radius 1 is 1.11 bits per heavy atom. The SMILES string of the molecule is CCCNC1CCCCC1N(CC(C)C)C(C)C. The minimum absolute atomic E-state index is 0.668. The van der Waals surface area contributed by atoms with E-state index in [0.29, 0.717) is 6.04 Å². The summed E-state index contributed by atoms with van der Waals surface area (Å²) in [5, 5.41) is 3.79. The summed E-state index contributed by atoms with van der Waals surface area (Å²) in [6.45, 7) is 14.1. The maximum atomic E-state index is 3.79. The molecule has 0 aromatic rings. The van der Waals surface area contributed by atoms with Gasteiger partial charge in [-0.3, -0.25) is 4.90 Å². The first kappa shape index (κ1) is 16.0. The van der Waals surface area contributed by atoms with Gasteiger partial charge in [0.25, 0.3) is 0 Å². The Morgan fingerprint density at radius 3 is 2.33 bits per heavy atom. The molecular weight excluding hydrogens is 220 g/mol. The highest BCUT2D eigenvalue weighted by Crippen LogP contribution is 2.25. The largest absolute Gasteiger partial charge is 0.312 e. The van der Waals surface area contributed by atoms with Crippen LogP contribution in [0.2, 0.25) is 0 Å². The molecule has 18 heavy (non-hydrogen) atoms. The van der Waals surface area contributed by atoms with E-state index in [1.165, 1.54) is 45.2 Å². The molecule has 0 spiro atoms. The van der Waals surface area contributed by atoms with E-state index in [-0.39, 0.29) is 0 Å². The summed E-state index contributed by atoms with van der Waals surface area (Å²) < 4.78 is 0. The molecule has 1 N–H and O–H groups in total. The normalized spacial score (nSPS) is 25.3. The average molecular weight is 254 g/mol. The average Bonchev–Trinajstić information content (AvgIpc) is 2.33. The van der Waals surface area contributed by atoms with Gasteiger partial charge in [-0.2, -0.15) is 0 Å². The lowest BCUT2D eigenvalue weighted by molar-refractivity contribution is 0.0799. The molecule has 0 radical (unpaired) electrons. The molecule has 0 aromatic carbocycles. The summed E-state index contributed by atoms with van der Waals surface area (Å²) in [5.74, 6) is 0.765. The van der Waals surface area contributed by atoms with Gasteiger partial charge in [0.2, 0.25) is 0 Å². The third-order valence-electron chi connectivity index (χ3n) is 4.05. The predicted octanol–water partition coefficient (Wildman–Crippen LogP) is 3.66. The third kappa shape index (κ3) is 4.89. The van der Waals surface area contributed by atoms with Crippen LogP contribution in [0.1, 0.15) is 66.7 Å². The zero-order valence-electron chi connectivity index (χ0n) is 13.2. The van der Waals surface area contributed by atoms with Gasteiger partial charge in [0.15, 0.2) is 0 Å². The Morgan fingerprint density at radius 2 is 1.78 bits per heavy atom. The molecule has 0 aliphatic heterocycles. The molecule has 108 valence electrons. The maximum absolute atomic E-state index is 3.79. The van der Waals surface area contributed by atoms with E-state index in [2.05, 4.69) is 44.8 Å². The molecule has 0 amide bonds. The van der Waals surface area contributed by atoms with E-state index in [1.54, 1.807) is 0 Å². The van der Waals surface area contributed by atoms with E-state index < -0.39 is 0 Å². The van der Waals surface area contributed by atoms with Crippen LogP contribution in [0.25, 0.3) is 0 Å². The smallest absolute Gasteiger partial charge is 0.0252 e. The molecule has 1 fully saturated rings. The van der Waals surface area contributed by atoms with Gasteiger partial charge in [-0.05, 0) is 45.6 Å². The van der Waals surface area contributed by atoms with E-state index >= 15 is 0 Å². The van der Waals surface area contributed by atoms with Crippen molar-refractivity contribution in [3.8, 4) is 0 Å². The fraction of sp³-hybridized carbons (Fsp3) is 1.00. The van der Waals surface area contributed by atoms with Gasteiger partial charge < -0.3 is 5.32 Å². The number of rotatable bonds is 7. The van der Waals surface area contributed by atoms with Gasteiger partial charge in [-0.15, -0.1) is 0 Å². The minimum atomic E-state index is 0.668. The zero-order chi connectivity index (χ0) is 13.5.